The van der Waals surface area contributed by atoms with Gasteiger partial charge >= 0.3 is 0 Å². The minimum Gasteiger partial charge on any atom is -0.377 e. The molecule has 0 aliphatic carbocycles. The lowest BCUT2D eigenvalue weighted by atomic mass is 10.1. The number of rotatable bonds is 4. The molecule has 112 valence electrons. The summed E-state index contributed by atoms with van der Waals surface area (Å²) in [5.41, 5.74) is 7.81. The summed E-state index contributed by atoms with van der Waals surface area (Å²) < 4.78 is 5.74. The van der Waals surface area contributed by atoms with E-state index in [1.54, 1.807) is 0 Å². The van der Waals surface area contributed by atoms with E-state index in [-0.39, 0.29) is 0 Å². The Labute approximate surface area is 125 Å². The van der Waals surface area contributed by atoms with Gasteiger partial charge in [-0.25, -0.2) is 4.98 Å². The van der Waals surface area contributed by atoms with Gasteiger partial charge in [0.2, 0.25) is 0 Å². The summed E-state index contributed by atoms with van der Waals surface area (Å²) in [6, 6.07) is 10.5. The molecule has 21 heavy (non-hydrogen) atoms. The van der Waals surface area contributed by atoms with Gasteiger partial charge in [-0.3, -0.25) is 0 Å². The predicted molar refractivity (Wildman–Crippen MR) is 86.7 cm³/mol. The average molecular weight is 285 g/mol. The zero-order valence-electron chi connectivity index (χ0n) is 12.6. The maximum absolute atomic E-state index is 5.74. The summed E-state index contributed by atoms with van der Waals surface area (Å²) in [5.74, 6) is 1.12. The predicted octanol–water partition coefficient (Wildman–Crippen LogP) is 2.49. The van der Waals surface area contributed by atoms with Crippen molar-refractivity contribution in [3.05, 3.63) is 35.9 Å². The molecule has 4 nitrogen and oxygen atoms in total. The molecule has 1 saturated heterocycles. The number of para-hydroxylation sites is 1. The lowest BCUT2D eigenvalue weighted by Crippen LogP contribution is -2.38. The fourth-order valence-electron chi connectivity index (χ4n) is 3.00. The highest BCUT2D eigenvalue weighted by Crippen LogP contribution is 2.26. The van der Waals surface area contributed by atoms with Crippen LogP contribution in [0.15, 0.2) is 30.3 Å². The van der Waals surface area contributed by atoms with Crippen molar-refractivity contribution in [2.75, 3.05) is 31.1 Å². The molecule has 2 aromatic rings. The Morgan fingerprint density at radius 2 is 2.05 bits per heavy atom. The number of hydrogen-bond donors (Lipinski definition) is 1. The third-order valence-electron chi connectivity index (χ3n) is 4.10. The van der Waals surface area contributed by atoms with Crippen LogP contribution in [0.4, 0.5) is 5.82 Å². The smallest absolute Gasteiger partial charge is 0.132 e. The highest BCUT2D eigenvalue weighted by molar-refractivity contribution is 5.81. The Hall–Kier alpha value is -1.65. The molecule has 1 aliphatic rings. The summed E-state index contributed by atoms with van der Waals surface area (Å²) in [7, 11) is 0. The maximum Gasteiger partial charge on any atom is 0.132 e. The third kappa shape index (κ3) is 3.17. The number of nitrogens with zero attached hydrogens (tertiary/aromatic N) is 2. The highest BCUT2D eigenvalue weighted by Gasteiger charge is 2.21. The third-order valence-corrected chi connectivity index (χ3v) is 4.10. The number of ether oxygens (including phenoxy) is 1. The number of anilines is 1. The van der Waals surface area contributed by atoms with Gasteiger partial charge in [-0.1, -0.05) is 18.2 Å². The van der Waals surface area contributed by atoms with Crippen LogP contribution in [0.1, 0.15) is 18.4 Å². The molecule has 3 rings (SSSR count). The van der Waals surface area contributed by atoms with E-state index in [1.807, 2.05) is 6.07 Å². The zero-order valence-corrected chi connectivity index (χ0v) is 12.6. The SMILES string of the molecule is Cc1cc2ccccc2nc1N1CCC(OCCN)CC1. The fraction of sp³-hybridized carbons (Fsp3) is 0.471. The van der Waals surface area contributed by atoms with Gasteiger partial charge in [0.25, 0.3) is 0 Å². The van der Waals surface area contributed by atoms with Crippen molar-refractivity contribution >= 4 is 16.7 Å². The summed E-state index contributed by atoms with van der Waals surface area (Å²) in [6.45, 7) is 5.41. The van der Waals surface area contributed by atoms with E-state index < -0.39 is 0 Å². The van der Waals surface area contributed by atoms with Crippen molar-refractivity contribution in [2.45, 2.75) is 25.9 Å². The highest BCUT2D eigenvalue weighted by atomic mass is 16.5. The lowest BCUT2D eigenvalue weighted by molar-refractivity contribution is 0.0421. The van der Waals surface area contributed by atoms with Crippen LogP contribution in [0.25, 0.3) is 10.9 Å². The Morgan fingerprint density at radius 3 is 2.81 bits per heavy atom. The zero-order chi connectivity index (χ0) is 14.7. The van der Waals surface area contributed by atoms with Crippen molar-refractivity contribution in [3.63, 3.8) is 0 Å². The summed E-state index contributed by atoms with van der Waals surface area (Å²) >= 11 is 0. The molecule has 0 saturated carbocycles. The van der Waals surface area contributed by atoms with Crippen LogP contribution >= 0.6 is 0 Å². The summed E-state index contributed by atoms with van der Waals surface area (Å²) in [6.07, 6.45) is 2.45. The van der Waals surface area contributed by atoms with Gasteiger partial charge in [0.15, 0.2) is 0 Å². The van der Waals surface area contributed by atoms with Crippen LogP contribution < -0.4 is 10.6 Å². The largest absolute Gasteiger partial charge is 0.377 e. The topological polar surface area (TPSA) is 51.4 Å². The quantitative estimate of drug-likeness (QED) is 0.937. The maximum atomic E-state index is 5.74. The first kappa shape index (κ1) is 14.3. The van der Waals surface area contributed by atoms with Crippen LogP contribution in [-0.4, -0.2) is 37.3 Å². The number of fused-ring (bicyclic) bond motifs is 1. The molecular formula is C17H23N3O. The Kier molecular flexibility index (Phi) is 4.36. The first-order valence-corrected chi connectivity index (χ1v) is 7.71. The van der Waals surface area contributed by atoms with Gasteiger partial charge in [0.05, 0.1) is 18.2 Å². The summed E-state index contributed by atoms with van der Waals surface area (Å²) in [5, 5.41) is 1.21. The molecule has 1 aliphatic heterocycles. The molecule has 0 radical (unpaired) electrons. The molecule has 1 aromatic carbocycles. The Balaban J connectivity index is 1.74. The van der Waals surface area contributed by atoms with Crippen molar-refractivity contribution in [1.82, 2.24) is 4.98 Å². The van der Waals surface area contributed by atoms with E-state index in [4.69, 9.17) is 15.5 Å². The number of pyridine rings is 1. The Bertz CT molecular complexity index is 606. The van der Waals surface area contributed by atoms with Gasteiger partial charge in [-0.05, 0) is 37.5 Å². The van der Waals surface area contributed by atoms with Crippen LogP contribution in [0.3, 0.4) is 0 Å². The average Bonchev–Trinajstić information content (AvgIpc) is 2.53. The second-order valence-electron chi connectivity index (χ2n) is 5.67. The molecule has 1 aromatic heterocycles. The number of benzene rings is 1. The van der Waals surface area contributed by atoms with E-state index in [1.165, 1.54) is 10.9 Å². The molecule has 0 spiro atoms. The first-order chi connectivity index (χ1) is 10.3. The van der Waals surface area contributed by atoms with E-state index in [0.717, 1.165) is 37.3 Å². The van der Waals surface area contributed by atoms with Crippen molar-refractivity contribution < 1.29 is 4.74 Å². The molecule has 1 fully saturated rings. The monoisotopic (exact) mass is 285 g/mol. The lowest BCUT2D eigenvalue weighted by Gasteiger charge is -2.33. The van der Waals surface area contributed by atoms with Crippen LogP contribution in [-0.2, 0) is 4.74 Å². The first-order valence-electron chi connectivity index (χ1n) is 7.71. The fourth-order valence-corrected chi connectivity index (χ4v) is 3.00. The Morgan fingerprint density at radius 1 is 1.29 bits per heavy atom. The molecular weight excluding hydrogens is 262 g/mol. The van der Waals surface area contributed by atoms with E-state index in [0.29, 0.717) is 19.3 Å². The van der Waals surface area contributed by atoms with Crippen LogP contribution in [0, 0.1) is 6.92 Å². The van der Waals surface area contributed by atoms with Crippen LogP contribution in [0.5, 0.6) is 0 Å². The molecule has 2 heterocycles. The molecule has 0 atom stereocenters. The van der Waals surface area contributed by atoms with Crippen molar-refractivity contribution in [1.29, 1.82) is 0 Å². The molecule has 4 heteroatoms. The van der Waals surface area contributed by atoms with E-state index in [9.17, 15) is 0 Å². The van der Waals surface area contributed by atoms with Gasteiger partial charge in [-0.15, -0.1) is 0 Å². The standard InChI is InChI=1S/C17H23N3O/c1-13-12-14-4-2-3-5-16(14)19-17(13)20-9-6-15(7-10-20)21-11-8-18/h2-5,12,15H,6-11,18H2,1H3. The number of aromatic nitrogens is 1. The van der Waals surface area contributed by atoms with Crippen LogP contribution in [0.2, 0.25) is 0 Å². The van der Waals surface area contributed by atoms with Crippen molar-refractivity contribution in [2.24, 2.45) is 5.73 Å². The number of piperidine rings is 1. The molecule has 2 N–H and O–H groups in total. The minimum atomic E-state index is 0.352. The minimum absolute atomic E-state index is 0.352. The molecule has 0 amide bonds. The second-order valence-corrected chi connectivity index (χ2v) is 5.67. The van der Waals surface area contributed by atoms with Gasteiger partial charge in [0.1, 0.15) is 5.82 Å². The second kappa shape index (κ2) is 6.41. The number of nitrogens with two attached hydrogens (primary N) is 1. The van der Waals surface area contributed by atoms with Gasteiger partial charge < -0.3 is 15.4 Å². The summed E-state index contributed by atoms with van der Waals surface area (Å²) in [4.78, 5) is 7.23. The normalized spacial score (nSPS) is 16.6. The molecule has 0 bridgehead atoms. The number of hydrogen-bond acceptors (Lipinski definition) is 4. The van der Waals surface area contributed by atoms with Gasteiger partial charge in [-0.2, -0.15) is 0 Å². The van der Waals surface area contributed by atoms with Gasteiger partial charge in [0, 0.05) is 25.0 Å². The number of aryl methyl sites for hydroxylation is 1. The van der Waals surface area contributed by atoms with E-state index >= 15 is 0 Å². The molecule has 0 unspecified atom stereocenters. The van der Waals surface area contributed by atoms with E-state index in [2.05, 4.69) is 36.1 Å². The van der Waals surface area contributed by atoms with Crippen molar-refractivity contribution in [3.8, 4) is 0 Å².